The van der Waals surface area contributed by atoms with E-state index in [4.69, 9.17) is 23.2 Å². The van der Waals surface area contributed by atoms with Crippen molar-refractivity contribution < 1.29 is 4.79 Å². The SMILES string of the molecule is O=C(C[C@H](c1ccc(Cl)nc1)c1c[nH]c2ccc(Cl)cc12)Nc1ccccc1. The molecule has 0 fully saturated rings. The van der Waals surface area contributed by atoms with Gasteiger partial charge >= 0.3 is 0 Å². The number of aromatic amines is 1. The van der Waals surface area contributed by atoms with Gasteiger partial charge in [-0.05, 0) is 47.5 Å². The Morgan fingerprint density at radius 1 is 1.07 bits per heavy atom. The molecule has 2 aromatic heterocycles. The summed E-state index contributed by atoms with van der Waals surface area (Å²) in [6.45, 7) is 0. The van der Waals surface area contributed by atoms with Gasteiger partial charge in [0, 0.05) is 46.3 Å². The molecule has 1 amide bonds. The highest BCUT2D eigenvalue weighted by atomic mass is 35.5. The van der Waals surface area contributed by atoms with Crippen LogP contribution in [0, 0.1) is 0 Å². The molecule has 4 nitrogen and oxygen atoms in total. The fourth-order valence-corrected chi connectivity index (χ4v) is 3.61. The Labute approximate surface area is 172 Å². The number of nitrogens with zero attached hydrogens (tertiary/aromatic N) is 1. The summed E-state index contributed by atoms with van der Waals surface area (Å²) in [5.41, 5.74) is 3.63. The summed E-state index contributed by atoms with van der Waals surface area (Å²) in [5.74, 6) is -0.275. The zero-order valence-electron chi connectivity index (χ0n) is 14.8. The zero-order chi connectivity index (χ0) is 19.5. The van der Waals surface area contributed by atoms with Crippen LogP contribution >= 0.6 is 23.2 Å². The predicted octanol–water partition coefficient (Wildman–Crippen LogP) is 6.03. The molecule has 6 heteroatoms. The van der Waals surface area contributed by atoms with Crippen LogP contribution in [0.25, 0.3) is 10.9 Å². The first-order valence-corrected chi connectivity index (χ1v) is 9.58. The zero-order valence-corrected chi connectivity index (χ0v) is 16.3. The molecule has 0 radical (unpaired) electrons. The first-order valence-electron chi connectivity index (χ1n) is 8.83. The first kappa shape index (κ1) is 18.5. The van der Waals surface area contributed by atoms with Crippen LogP contribution in [0.1, 0.15) is 23.5 Å². The van der Waals surface area contributed by atoms with E-state index in [-0.39, 0.29) is 18.2 Å². The van der Waals surface area contributed by atoms with E-state index in [1.807, 2.05) is 60.8 Å². The standard InChI is InChI=1S/C22H17Cl2N3O/c23-15-7-8-20-18(10-15)19(13-25-20)17(14-6-9-21(24)26-12-14)11-22(28)27-16-4-2-1-3-5-16/h1-10,12-13,17,25H,11H2,(H,27,28)/t17-/m1/s1. The van der Waals surface area contributed by atoms with Crippen molar-refractivity contribution in [3.05, 3.63) is 94.4 Å². The molecule has 0 bridgehead atoms. The Morgan fingerprint density at radius 3 is 2.64 bits per heavy atom. The van der Waals surface area contributed by atoms with Crippen LogP contribution in [0.3, 0.4) is 0 Å². The molecule has 0 aliphatic carbocycles. The topological polar surface area (TPSA) is 57.8 Å². The molecule has 0 saturated carbocycles. The van der Waals surface area contributed by atoms with Gasteiger partial charge in [-0.1, -0.05) is 47.5 Å². The lowest BCUT2D eigenvalue weighted by Gasteiger charge is -2.17. The Hall–Kier alpha value is -2.82. The van der Waals surface area contributed by atoms with E-state index >= 15 is 0 Å². The van der Waals surface area contributed by atoms with E-state index in [0.29, 0.717) is 10.2 Å². The number of aromatic nitrogens is 2. The minimum absolute atomic E-state index is 0.0810. The average Bonchev–Trinajstić information content (AvgIpc) is 3.10. The Kier molecular flexibility index (Phi) is 5.33. The molecule has 4 aromatic rings. The van der Waals surface area contributed by atoms with Crippen molar-refractivity contribution in [1.29, 1.82) is 0 Å². The first-order chi connectivity index (χ1) is 13.6. The van der Waals surface area contributed by atoms with Crippen LogP contribution in [0.4, 0.5) is 5.69 Å². The molecule has 2 N–H and O–H groups in total. The molecule has 0 unspecified atom stereocenters. The number of rotatable bonds is 5. The van der Waals surface area contributed by atoms with Crippen LogP contribution in [0.15, 0.2) is 73.1 Å². The molecule has 2 aromatic carbocycles. The van der Waals surface area contributed by atoms with Gasteiger partial charge in [0.2, 0.25) is 5.91 Å². The molecule has 0 aliphatic rings. The van der Waals surface area contributed by atoms with Gasteiger partial charge in [0.25, 0.3) is 0 Å². The van der Waals surface area contributed by atoms with Gasteiger partial charge in [-0.2, -0.15) is 0 Å². The number of carbonyl (C=O) groups excluding carboxylic acids is 1. The van der Waals surface area contributed by atoms with Crippen molar-refractivity contribution in [2.24, 2.45) is 0 Å². The van der Waals surface area contributed by atoms with Gasteiger partial charge in [-0.3, -0.25) is 4.79 Å². The van der Waals surface area contributed by atoms with Crippen LogP contribution in [-0.2, 0) is 4.79 Å². The van der Waals surface area contributed by atoms with Gasteiger partial charge in [-0.15, -0.1) is 0 Å². The molecular formula is C22H17Cl2N3O. The van der Waals surface area contributed by atoms with E-state index < -0.39 is 0 Å². The number of H-pyrrole nitrogens is 1. The second-order valence-corrected chi connectivity index (χ2v) is 7.34. The molecule has 4 rings (SSSR count). The van der Waals surface area contributed by atoms with Crippen LogP contribution in [0.2, 0.25) is 10.2 Å². The van der Waals surface area contributed by atoms with E-state index in [2.05, 4.69) is 15.3 Å². The third-order valence-electron chi connectivity index (χ3n) is 4.65. The fraction of sp³-hybridized carbons (Fsp3) is 0.0909. The summed E-state index contributed by atoms with van der Waals surface area (Å²) >= 11 is 12.2. The van der Waals surface area contributed by atoms with Crippen molar-refractivity contribution in [1.82, 2.24) is 9.97 Å². The number of pyridine rings is 1. The Bertz CT molecular complexity index is 1110. The molecule has 0 aliphatic heterocycles. The summed E-state index contributed by atoms with van der Waals surface area (Å²) in [4.78, 5) is 20.2. The molecule has 0 spiro atoms. The van der Waals surface area contributed by atoms with Crippen molar-refractivity contribution in [3.63, 3.8) is 0 Å². The number of anilines is 1. The lowest BCUT2D eigenvalue weighted by molar-refractivity contribution is -0.116. The predicted molar refractivity (Wildman–Crippen MR) is 114 cm³/mol. The summed E-state index contributed by atoms with van der Waals surface area (Å²) in [6, 6.07) is 18.7. The van der Waals surface area contributed by atoms with Crippen molar-refractivity contribution >= 4 is 45.7 Å². The number of hydrogen-bond acceptors (Lipinski definition) is 2. The van der Waals surface area contributed by atoms with Crippen LogP contribution in [-0.4, -0.2) is 15.9 Å². The van der Waals surface area contributed by atoms with Crippen molar-refractivity contribution in [3.8, 4) is 0 Å². The maximum atomic E-state index is 12.8. The number of nitrogens with one attached hydrogen (secondary N) is 2. The third kappa shape index (κ3) is 4.03. The number of halogens is 2. The summed E-state index contributed by atoms with van der Waals surface area (Å²) in [5, 5.41) is 5.00. The maximum Gasteiger partial charge on any atom is 0.225 e. The summed E-state index contributed by atoms with van der Waals surface area (Å²) in [6.07, 6.45) is 3.90. The molecule has 0 saturated heterocycles. The highest BCUT2D eigenvalue weighted by molar-refractivity contribution is 6.31. The molecular weight excluding hydrogens is 393 g/mol. The normalized spacial score (nSPS) is 12.1. The van der Waals surface area contributed by atoms with Gasteiger partial charge in [0.05, 0.1) is 0 Å². The van der Waals surface area contributed by atoms with Gasteiger partial charge in [-0.25, -0.2) is 4.98 Å². The number of carbonyl (C=O) groups is 1. The minimum atomic E-state index is -0.194. The van der Waals surface area contributed by atoms with E-state index in [1.54, 1.807) is 12.3 Å². The number of para-hydroxylation sites is 1. The van der Waals surface area contributed by atoms with Gasteiger partial charge in [0.1, 0.15) is 5.15 Å². The lowest BCUT2D eigenvalue weighted by atomic mass is 9.89. The second-order valence-electron chi connectivity index (χ2n) is 6.52. The monoisotopic (exact) mass is 409 g/mol. The van der Waals surface area contributed by atoms with Gasteiger partial charge in [0.15, 0.2) is 0 Å². The lowest BCUT2D eigenvalue weighted by Crippen LogP contribution is -2.16. The summed E-state index contributed by atoms with van der Waals surface area (Å²) in [7, 11) is 0. The highest BCUT2D eigenvalue weighted by Crippen LogP contribution is 2.34. The Balaban J connectivity index is 1.70. The minimum Gasteiger partial charge on any atom is -0.361 e. The van der Waals surface area contributed by atoms with E-state index in [9.17, 15) is 4.79 Å². The molecule has 28 heavy (non-hydrogen) atoms. The average molecular weight is 410 g/mol. The number of hydrogen-bond donors (Lipinski definition) is 2. The number of amides is 1. The van der Waals surface area contributed by atoms with E-state index in [0.717, 1.165) is 27.7 Å². The third-order valence-corrected chi connectivity index (χ3v) is 5.11. The fourth-order valence-electron chi connectivity index (χ4n) is 3.32. The largest absolute Gasteiger partial charge is 0.361 e. The summed E-state index contributed by atoms with van der Waals surface area (Å²) < 4.78 is 0. The number of fused-ring (bicyclic) bond motifs is 1. The second kappa shape index (κ2) is 8.05. The van der Waals surface area contributed by atoms with E-state index in [1.165, 1.54) is 0 Å². The van der Waals surface area contributed by atoms with Crippen molar-refractivity contribution in [2.75, 3.05) is 5.32 Å². The van der Waals surface area contributed by atoms with Crippen LogP contribution < -0.4 is 5.32 Å². The van der Waals surface area contributed by atoms with Crippen molar-refractivity contribution in [2.45, 2.75) is 12.3 Å². The smallest absolute Gasteiger partial charge is 0.225 e. The maximum absolute atomic E-state index is 12.8. The Morgan fingerprint density at radius 2 is 1.89 bits per heavy atom. The van der Waals surface area contributed by atoms with Gasteiger partial charge < -0.3 is 10.3 Å². The molecule has 1 atom stereocenters. The number of benzene rings is 2. The highest BCUT2D eigenvalue weighted by Gasteiger charge is 2.22. The quantitative estimate of drug-likeness (QED) is 0.395. The van der Waals surface area contributed by atoms with Crippen LogP contribution in [0.5, 0.6) is 0 Å². The molecule has 140 valence electrons. The molecule has 2 heterocycles.